The lowest BCUT2D eigenvalue weighted by atomic mass is 9.86. The smallest absolute Gasteiger partial charge is 0.0728 e. The predicted octanol–water partition coefficient (Wildman–Crippen LogP) is 1.77. The Morgan fingerprint density at radius 2 is 2.00 bits per heavy atom. The van der Waals surface area contributed by atoms with E-state index in [1.807, 2.05) is 0 Å². The van der Waals surface area contributed by atoms with Gasteiger partial charge in [0.15, 0.2) is 0 Å². The summed E-state index contributed by atoms with van der Waals surface area (Å²) in [5.74, 6) is 0. The molecule has 0 aromatic heterocycles. The van der Waals surface area contributed by atoms with Crippen LogP contribution in [0.3, 0.4) is 0 Å². The van der Waals surface area contributed by atoms with E-state index in [0.717, 1.165) is 13.2 Å². The molecule has 1 spiro atoms. The molecule has 0 aromatic carbocycles. The second-order valence-corrected chi connectivity index (χ2v) is 6.46. The Hall–Kier alpha value is -0.120. The Morgan fingerprint density at radius 1 is 1.24 bits per heavy atom. The first kappa shape index (κ1) is 11.9. The SMILES string of the molecule is CC1OCCC1(C)N1CCNC2(CCCC2)C1. The van der Waals surface area contributed by atoms with Crippen molar-refractivity contribution in [3.05, 3.63) is 0 Å². The van der Waals surface area contributed by atoms with Crippen molar-refractivity contribution in [2.24, 2.45) is 0 Å². The van der Waals surface area contributed by atoms with E-state index >= 15 is 0 Å². The second kappa shape index (κ2) is 4.22. The van der Waals surface area contributed by atoms with Crippen LogP contribution in [-0.2, 0) is 4.74 Å². The third-order valence-electron chi connectivity index (χ3n) is 5.51. The van der Waals surface area contributed by atoms with Gasteiger partial charge in [0.2, 0.25) is 0 Å². The van der Waals surface area contributed by atoms with Crippen LogP contribution in [-0.4, -0.2) is 48.3 Å². The van der Waals surface area contributed by atoms with Crippen molar-refractivity contribution in [1.82, 2.24) is 10.2 Å². The first-order valence-electron chi connectivity index (χ1n) is 7.26. The van der Waals surface area contributed by atoms with Gasteiger partial charge in [-0.15, -0.1) is 0 Å². The minimum atomic E-state index is 0.275. The van der Waals surface area contributed by atoms with E-state index in [9.17, 15) is 0 Å². The molecule has 2 atom stereocenters. The van der Waals surface area contributed by atoms with E-state index in [1.165, 1.54) is 45.2 Å². The molecule has 98 valence electrons. The van der Waals surface area contributed by atoms with Gasteiger partial charge < -0.3 is 10.1 Å². The van der Waals surface area contributed by atoms with Crippen LogP contribution in [0.15, 0.2) is 0 Å². The first-order chi connectivity index (χ1) is 8.15. The molecular formula is C14H26N2O. The van der Waals surface area contributed by atoms with Crippen LogP contribution in [0.5, 0.6) is 0 Å². The molecule has 3 aliphatic rings. The number of piperazine rings is 1. The Labute approximate surface area is 105 Å². The molecule has 0 radical (unpaired) electrons. The Kier molecular flexibility index (Phi) is 2.96. The topological polar surface area (TPSA) is 24.5 Å². The van der Waals surface area contributed by atoms with Crippen molar-refractivity contribution in [2.45, 2.75) is 63.1 Å². The molecule has 1 aliphatic carbocycles. The van der Waals surface area contributed by atoms with Gasteiger partial charge in [-0.2, -0.15) is 0 Å². The van der Waals surface area contributed by atoms with E-state index < -0.39 is 0 Å². The van der Waals surface area contributed by atoms with Crippen molar-refractivity contribution in [2.75, 3.05) is 26.2 Å². The van der Waals surface area contributed by atoms with Gasteiger partial charge >= 0.3 is 0 Å². The van der Waals surface area contributed by atoms with Crippen LogP contribution in [0.4, 0.5) is 0 Å². The normalized spacial score (nSPS) is 42.4. The summed E-state index contributed by atoms with van der Waals surface area (Å²) in [4.78, 5) is 2.71. The van der Waals surface area contributed by atoms with E-state index in [1.54, 1.807) is 0 Å². The molecule has 3 nitrogen and oxygen atoms in total. The minimum absolute atomic E-state index is 0.275. The van der Waals surface area contributed by atoms with Crippen molar-refractivity contribution in [3.63, 3.8) is 0 Å². The predicted molar refractivity (Wildman–Crippen MR) is 69.2 cm³/mol. The molecule has 2 aliphatic heterocycles. The molecule has 3 rings (SSSR count). The summed E-state index contributed by atoms with van der Waals surface area (Å²) >= 11 is 0. The molecular weight excluding hydrogens is 212 g/mol. The summed E-state index contributed by atoms with van der Waals surface area (Å²) in [6, 6.07) is 0. The number of nitrogens with one attached hydrogen (secondary N) is 1. The number of nitrogens with zero attached hydrogens (tertiary/aromatic N) is 1. The second-order valence-electron chi connectivity index (χ2n) is 6.46. The van der Waals surface area contributed by atoms with E-state index in [2.05, 4.69) is 24.1 Å². The van der Waals surface area contributed by atoms with Crippen LogP contribution in [0.1, 0.15) is 46.0 Å². The highest BCUT2D eigenvalue weighted by Crippen LogP contribution is 2.38. The number of hydrogen-bond donors (Lipinski definition) is 1. The molecule has 1 N–H and O–H groups in total. The highest BCUT2D eigenvalue weighted by Gasteiger charge is 2.47. The number of rotatable bonds is 1. The zero-order valence-electron chi connectivity index (χ0n) is 11.3. The molecule has 3 fully saturated rings. The molecule has 2 heterocycles. The van der Waals surface area contributed by atoms with Gasteiger partial charge in [0.25, 0.3) is 0 Å². The molecule has 2 unspecified atom stereocenters. The van der Waals surface area contributed by atoms with Crippen LogP contribution >= 0.6 is 0 Å². The highest BCUT2D eigenvalue weighted by molar-refractivity contribution is 5.04. The maximum atomic E-state index is 5.81. The van der Waals surface area contributed by atoms with E-state index in [-0.39, 0.29) is 5.54 Å². The molecule has 17 heavy (non-hydrogen) atoms. The summed E-state index contributed by atoms with van der Waals surface area (Å²) in [5.41, 5.74) is 0.710. The van der Waals surface area contributed by atoms with E-state index in [0.29, 0.717) is 11.6 Å². The van der Waals surface area contributed by atoms with Gasteiger partial charge in [-0.25, -0.2) is 0 Å². The fourth-order valence-electron chi connectivity index (χ4n) is 4.02. The summed E-state index contributed by atoms with van der Waals surface area (Å²) in [6.45, 7) is 9.16. The summed E-state index contributed by atoms with van der Waals surface area (Å²) in [7, 11) is 0. The fourth-order valence-corrected chi connectivity index (χ4v) is 4.02. The van der Waals surface area contributed by atoms with Gasteiger partial charge in [0.1, 0.15) is 0 Å². The lowest BCUT2D eigenvalue weighted by Gasteiger charge is -2.49. The molecule has 0 bridgehead atoms. The van der Waals surface area contributed by atoms with Crippen LogP contribution in [0.2, 0.25) is 0 Å². The van der Waals surface area contributed by atoms with Crippen LogP contribution in [0, 0.1) is 0 Å². The lowest BCUT2D eigenvalue weighted by Crippen LogP contribution is -2.65. The van der Waals surface area contributed by atoms with Gasteiger partial charge in [0, 0.05) is 37.3 Å². The summed E-state index contributed by atoms with van der Waals surface area (Å²) in [6.07, 6.45) is 7.14. The molecule has 3 heteroatoms. The number of ether oxygens (including phenoxy) is 1. The average molecular weight is 238 g/mol. The largest absolute Gasteiger partial charge is 0.377 e. The standard InChI is InChI=1S/C14H26N2O/c1-12-13(2,7-10-17-12)16-9-8-15-14(11-16)5-3-4-6-14/h12,15H,3-11H2,1-2H3. The fraction of sp³-hybridized carbons (Fsp3) is 1.00. The Balaban J connectivity index is 1.75. The van der Waals surface area contributed by atoms with Crippen molar-refractivity contribution >= 4 is 0 Å². The summed E-state index contributed by atoms with van der Waals surface area (Å²) < 4.78 is 5.81. The Morgan fingerprint density at radius 3 is 2.65 bits per heavy atom. The molecule has 0 amide bonds. The third-order valence-corrected chi connectivity index (χ3v) is 5.51. The number of hydrogen-bond acceptors (Lipinski definition) is 3. The maximum absolute atomic E-state index is 5.81. The van der Waals surface area contributed by atoms with Crippen molar-refractivity contribution in [3.8, 4) is 0 Å². The lowest BCUT2D eigenvalue weighted by molar-refractivity contribution is -0.0108. The zero-order valence-corrected chi connectivity index (χ0v) is 11.3. The first-order valence-corrected chi connectivity index (χ1v) is 7.26. The van der Waals surface area contributed by atoms with Crippen LogP contribution in [0.25, 0.3) is 0 Å². The quantitative estimate of drug-likeness (QED) is 0.753. The average Bonchev–Trinajstić information content (AvgIpc) is 2.89. The monoisotopic (exact) mass is 238 g/mol. The minimum Gasteiger partial charge on any atom is -0.377 e. The third kappa shape index (κ3) is 1.92. The van der Waals surface area contributed by atoms with Crippen molar-refractivity contribution in [1.29, 1.82) is 0 Å². The van der Waals surface area contributed by atoms with Gasteiger partial charge in [-0.05, 0) is 33.1 Å². The van der Waals surface area contributed by atoms with Gasteiger partial charge in [0.05, 0.1) is 6.10 Å². The van der Waals surface area contributed by atoms with E-state index in [4.69, 9.17) is 4.74 Å². The highest BCUT2D eigenvalue weighted by atomic mass is 16.5. The van der Waals surface area contributed by atoms with Crippen LogP contribution < -0.4 is 5.32 Å². The maximum Gasteiger partial charge on any atom is 0.0728 e. The molecule has 2 saturated heterocycles. The van der Waals surface area contributed by atoms with Gasteiger partial charge in [-0.1, -0.05) is 12.8 Å². The molecule has 1 saturated carbocycles. The van der Waals surface area contributed by atoms with Crippen molar-refractivity contribution < 1.29 is 4.74 Å². The Bertz CT molecular complexity index is 288. The molecule has 0 aromatic rings. The van der Waals surface area contributed by atoms with Gasteiger partial charge in [-0.3, -0.25) is 4.90 Å². The zero-order chi connectivity index (χ0) is 11.9. The summed E-state index contributed by atoms with van der Waals surface area (Å²) in [5, 5.41) is 3.80.